The Balaban J connectivity index is 2.20. The Morgan fingerprint density at radius 3 is 2.70 bits per heavy atom. The molecule has 0 saturated heterocycles. The number of aromatic nitrogens is 1. The van der Waals surface area contributed by atoms with Crippen molar-refractivity contribution in [1.29, 1.82) is 0 Å². The molecule has 0 aliphatic carbocycles. The minimum atomic E-state index is -4.53. The fourth-order valence-electron chi connectivity index (χ4n) is 1.52. The van der Waals surface area contributed by atoms with E-state index >= 15 is 0 Å². The SMILES string of the molecule is O=C(O)c1sncc1COc1ccccc1C(F)(F)F. The molecule has 1 aromatic heterocycles. The quantitative estimate of drug-likeness (QED) is 0.940. The fraction of sp³-hybridized carbons (Fsp3) is 0.167. The number of halogens is 3. The van der Waals surface area contributed by atoms with Crippen LogP contribution < -0.4 is 4.74 Å². The van der Waals surface area contributed by atoms with Crippen LogP contribution in [0.2, 0.25) is 0 Å². The number of hydrogen-bond donors (Lipinski definition) is 1. The van der Waals surface area contributed by atoms with Crippen molar-refractivity contribution in [3.8, 4) is 5.75 Å². The Kier molecular flexibility index (Phi) is 3.93. The smallest absolute Gasteiger partial charge is 0.419 e. The number of carbonyl (C=O) groups is 1. The van der Waals surface area contributed by atoms with Crippen LogP contribution in [0.1, 0.15) is 20.8 Å². The van der Waals surface area contributed by atoms with Crippen LogP contribution in [0, 0.1) is 0 Å². The van der Waals surface area contributed by atoms with Gasteiger partial charge in [0.25, 0.3) is 0 Å². The summed E-state index contributed by atoms with van der Waals surface area (Å²) >= 11 is 0.751. The van der Waals surface area contributed by atoms with Gasteiger partial charge < -0.3 is 9.84 Å². The highest BCUT2D eigenvalue weighted by Crippen LogP contribution is 2.36. The molecule has 0 amide bonds. The summed E-state index contributed by atoms with van der Waals surface area (Å²) < 4.78 is 47.0. The summed E-state index contributed by atoms with van der Waals surface area (Å²) in [7, 11) is 0. The van der Waals surface area contributed by atoms with Gasteiger partial charge in [-0.2, -0.15) is 17.5 Å². The number of benzene rings is 1. The first-order chi connectivity index (χ1) is 9.39. The Labute approximate surface area is 115 Å². The summed E-state index contributed by atoms with van der Waals surface area (Å²) in [5.74, 6) is -1.53. The number of carboxylic acids is 1. The molecule has 1 heterocycles. The highest BCUT2D eigenvalue weighted by molar-refractivity contribution is 7.08. The third-order valence-corrected chi connectivity index (χ3v) is 3.24. The van der Waals surface area contributed by atoms with Crippen molar-refractivity contribution in [3.05, 3.63) is 46.5 Å². The van der Waals surface area contributed by atoms with Gasteiger partial charge in [0, 0.05) is 11.8 Å². The van der Waals surface area contributed by atoms with Gasteiger partial charge in [-0.25, -0.2) is 4.79 Å². The van der Waals surface area contributed by atoms with E-state index < -0.39 is 17.7 Å². The van der Waals surface area contributed by atoms with E-state index in [1.165, 1.54) is 24.4 Å². The van der Waals surface area contributed by atoms with Gasteiger partial charge in [-0.15, -0.1) is 0 Å². The molecule has 1 aromatic carbocycles. The molecule has 1 N–H and O–H groups in total. The zero-order valence-electron chi connectivity index (χ0n) is 9.85. The summed E-state index contributed by atoms with van der Waals surface area (Å²) in [5, 5.41) is 8.87. The van der Waals surface area contributed by atoms with Gasteiger partial charge in [0.05, 0.1) is 5.56 Å². The van der Waals surface area contributed by atoms with E-state index in [9.17, 15) is 18.0 Å². The number of ether oxygens (including phenoxy) is 1. The summed E-state index contributed by atoms with van der Waals surface area (Å²) in [6, 6.07) is 4.75. The van der Waals surface area contributed by atoms with E-state index in [1.807, 2.05) is 0 Å². The van der Waals surface area contributed by atoms with Crippen LogP contribution in [0.4, 0.5) is 13.2 Å². The highest BCUT2D eigenvalue weighted by Gasteiger charge is 2.34. The van der Waals surface area contributed by atoms with Gasteiger partial charge in [0.15, 0.2) is 0 Å². The van der Waals surface area contributed by atoms with Crippen molar-refractivity contribution < 1.29 is 27.8 Å². The van der Waals surface area contributed by atoms with Crippen molar-refractivity contribution in [2.45, 2.75) is 12.8 Å². The molecule has 0 radical (unpaired) electrons. The largest absolute Gasteiger partial charge is 0.488 e. The van der Waals surface area contributed by atoms with Gasteiger partial charge in [0.2, 0.25) is 0 Å². The van der Waals surface area contributed by atoms with Gasteiger partial charge in [-0.1, -0.05) is 12.1 Å². The van der Waals surface area contributed by atoms with E-state index in [0.29, 0.717) is 0 Å². The van der Waals surface area contributed by atoms with Crippen LogP contribution in [0.3, 0.4) is 0 Å². The molecule has 0 aliphatic rings. The average Bonchev–Trinajstić information content (AvgIpc) is 2.84. The number of aromatic carboxylic acids is 1. The van der Waals surface area contributed by atoms with E-state index in [-0.39, 0.29) is 22.8 Å². The molecule has 0 aliphatic heterocycles. The molecule has 8 heteroatoms. The fourth-order valence-corrected chi connectivity index (χ4v) is 2.11. The van der Waals surface area contributed by atoms with Gasteiger partial charge in [-0.3, -0.25) is 0 Å². The molecule has 0 saturated carbocycles. The predicted octanol–water partition coefficient (Wildman–Crippen LogP) is 3.44. The van der Waals surface area contributed by atoms with Crippen molar-refractivity contribution in [1.82, 2.24) is 4.37 Å². The van der Waals surface area contributed by atoms with Crippen molar-refractivity contribution in [2.75, 3.05) is 0 Å². The number of nitrogens with zero attached hydrogens (tertiary/aromatic N) is 1. The van der Waals surface area contributed by atoms with Crippen LogP contribution in [0.25, 0.3) is 0 Å². The Morgan fingerprint density at radius 1 is 1.35 bits per heavy atom. The topological polar surface area (TPSA) is 59.4 Å². The summed E-state index contributed by atoms with van der Waals surface area (Å²) in [4.78, 5) is 10.8. The first kappa shape index (κ1) is 14.3. The molecule has 0 unspecified atom stereocenters. The maximum atomic E-state index is 12.7. The van der Waals surface area contributed by atoms with Gasteiger partial charge in [0.1, 0.15) is 17.2 Å². The van der Waals surface area contributed by atoms with Crippen molar-refractivity contribution in [2.24, 2.45) is 0 Å². The van der Waals surface area contributed by atoms with Gasteiger partial charge >= 0.3 is 12.1 Å². The minimum Gasteiger partial charge on any atom is -0.488 e. The van der Waals surface area contributed by atoms with Crippen molar-refractivity contribution in [3.63, 3.8) is 0 Å². The number of hydrogen-bond acceptors (Lipinski definition) is 4. The Morgan fingerprint density at radius 2 is 2.05 bits per heavy atom. The number of para-hydroxylation sites is 1. The molecule has 0 fully saturated rings. The zero-order valence-corrected chi connectivity index (χ0v) is 10.7. The molecule has 2 aromatic rings. The molecular formula is C12H8F3NO3S. The Hall–Kier alpha value is -2.09. The van der Waals surface area contributed by atoms with Crippen LogP contribution in [0.5, 0.6) is 5.75 Å². The third kappa shape index (κ3) is 3.08. The van der Waals surface area contributed by atoms with E-state index in [1.54, 1.807) is 0 Å². The van der Waals surface area contributed by atoms with Crippen LogP contribution >= 0.6 is 11.5 Å². The maximum Gasteiger partial charge on any atom is 0.419 e. The molecule has 2 rings (SSSR count). The molecule has 4 nitrogen and oxygen atoms in total. The lowest BCUT2D eigenvalue weighted by atomic mass is 10.2. The van der Waals surface area contributed by atoms with E-state index in [0.717, 1.165) is 17.6 Å². The summed E-state index contributed by atoms with van der Waals surface area (Å²) in [6.07, 6.45) is -3.26. The second-order valence-electron chi connectivity index (χ2n) is 3.77. The lowest BCUT2D eigenvalue weighted by molar-refractivity contribution is -0.139. The normalized spacial score (nSPS) is 11.3. The standard InChI is InChI=1S/C12H8F3NO3S/c13-12(14,15)8-3-1-2-4-9(8)19-6-7-5-16-20-10(7)11(17)18/h1-5H,6H2,(H,17,18). The Bertz CT molecular complexity index is 624. The molecule has 0 atom stereocenters. The monoisotopic (exact) mass is 303 g/mol. The summed E-state index contributed by atoms with van der Waals surface area (Å²) in [5.41, 5.74) is -0.667. The van der Waals surface area contributed by atoms with E-state index in [4.69, 9.17) is 9.84 Å². The lowest BCUT2D eigenvalue weighted by Gasteiger charge is -2.13. The first-order valence-electron chi connectivity index (χ1n) is 5.35. The second-order valence-corrected chi connectivity index (χ2v) is 4.57. The lowest BCUT2D eigenvalue weighted by Crippen LogP contribution is -2.09. The minimum absolute atomic E-state index is 0.0468. The first-order valence-corrected chi connectivity index (χ1v) is 6.13. The maximum absolute atomic E-state index is 12.7. The number of carboxylic acid groups (broad SMARTS) is 1. The van der Waals surface area contributed by atoms with Crippen molar-refractivity contribution >= 4 is 17.5 Å². The second kappa shape index (κ2) is 5.49. The zero-order chi connectivity index (χ0) is 14.8. The highest BCUT2D eigenvalue weighted by atomic mass is 32.1. The third-order valence-electron chi connectivity index (χ3n) is 2.41. The van der Waals surface area contributed by atoms with E-state index in [2.05, 4.69) is 4.37 Å². The predicted molar refractivity (Wildman–Crippen MR) is 64.8 cm³/mol. The molecule has 20 heavy (non-hydrogen) atoms. The van der Waals surface area contributed by atoms with Crippen LogP contribution in [0.15, 0.2) is 30.5 Å². The number of rotatable bonds is 4. The molecule has 106 valence electrons. The van der Waals surface area contributed by atoms with Gasteiger partial charge in [-0.05, 0) is 23.7 Å². The van der Waals surface area contributed by atoms with Crippen LogP contribution in [-0.2, 0) is 12.8 Å². The summed E-state index contributed by atoms with van der Waals surface area (Å²) in [6.45, 7) is -0.286. The molecule has 0 bridgehead atoms. The number of alkyl halides is 3. The van der Waals surface area contributed by atoms with Crippen LogP contribution in [-0.4, -0.2) is 15.4 Å². The molecular weight excluding hydrogens is 295 g/mol. The average molecular weight is 303 g/mol. The molecule has 0 spiro atoms.